The van der Waals surface area contributed by atoms with Crippen LogP contribution in [0, 0.1) is 18.8 Å². The lowest BCUT2D eigenvalue weighted by molar-refractivity contribution is 0.212. The second kappa shape index (κ2) is 6.13. The summed E-state index contributed by atoms with van der Waals surface area (Å²) < 4.78 is 27.5. The Morgan fingerprint density at radius 3 is 2.70 bits per heavy atom. The summed E-state index contributed by atoms with van der Waals surface area (Å²) in [4.78, 5) is 1.44. The van der Waals surface area contributed by atoms with E-state index in [0.29, 0.717) is 36.4 Å². The maximum absolute atomic E-state index is 12.9. The summed E-state index contributed by atoms with van der Waals surface area (Å²) in [5, 5.41) is 5.00. The van der Waals surface area contributed by atoms with Gasteiger partial charge in [-0.05, 0) is 43.2 Å². The van der Waals surface area contributed by atoms with Crippen LogP contribution in [-0.2, 0) is 16.6 Å². The molecule has 0 bridgehead atoms. The summed E-state index contributed by atoms with van der Waals surface area (Å²) in [6.45, 7) is 8.11. The molecule has 1 aliphatic heterocycles. The third-order valence-corrected chi connectivity index (χ3v) is 7.55. The fraction of sp³-hybridized carbons (Fsp3) is 0.714. The van der Waals surface area contributed by atoms with Crippen molar-refractivity contribution in [1.82, 2.24) is 9.62 Å². The van der Waals surface area contributed by atoms with Gasteiger partial charge >= 0.3 is 0 Å². The third-order valence-electron chi connectivity index (χ3n) is 4.22. The van der Waals surface area contributed by atoms with Crippen LogP contribution in [0.5, 0.6) is 0 Å². The van der Waals surface area contributed by atoms with E-state index in [0.717, 1.165) is 16.9 Å². The summed E-state index contributed by atoms with van der Waals surface area (Å²) in [6, 6.07) is 0. The van der Waals surface area contributed by atoms with Crippen LogP contribution in [0.4, 0.5) is 0 Å². The monoisotopic (exact) mass is 316 g/mol. The van der Waals surface area contributed by atoms with Crippen molar-refractivity contribution in [3.8, 4) is 0 Å². The molecule has 0 radical (unpaired) electrons. The summed E-state index contributed by atoms with van der Waals surface area (Å²) >= 11 is 1.52. The molecule has 20 heavy (non-hydrogen) atoms. The lowest BCUT2D eigenvalue weighted by Gasteiger charge is -2.34. The number of piperidine rings is 1. The molecule has 0 saturated carbocycles. The molecule has 2 rings (SSSR count). The molecule has 1 fully saturated rings. The molecule has 1 saturated heterocycles. The Balaban J connectivity index is 2.33. The highest BCUT2D eigenvalue weighted by Gasteiger charge is 2.34. The number of hydrogen-bond donors (Lipinski definition) is 1. The molecule has 2 unspecified atom stereocenters. The fourth-order valence-electron chi connectivity index (χ4n) is 2.69. The first-order valence-corrected chi connectivity index (χ1v) is 9.41. The minimum absolute atomic E-state index is 0.421. The summed E-state index contributed by atoms with van der Waals surface area (Å²) in [5.41, 5.74) is 0.867. The van der Waals surface area contributed by atoms with Crippen LogP contribution in [0.2, 0.25) is 0 Å². The molecule has 2 atom stereocenters. The first kappa shape index (κ1) is 15.9. The highest BCUT2D eigenvalue weighted by atomic mass is 32.2. The van der Waals surface area contributed by atoms with E-state index in [1.54, 1.807) is 4.31 Å². The SMILES string of the molecule is CNCc1scc(C)c1S(=O)(=O)N1CCC(C)C(C)C1. The van der Waals surface area contributed by atoms with Gasteiger partial charge in [-0.3, -0.25) is 0 Å². The van der Waals surface area contributed by atoms with Crippen molar-refractivity contribution in [2.45, 2.75) is 38.6 Å². The Morgan fingerprint density at radius 1 is 1.40 bits per heavy atom. The minimum atomic E-state index is -3.35. The molecule has 1 aromatic heterocycles. The number of nitrogens with one attached hydrogen (secondary N) is 1. The molecular weight excluding hydrogens is 292 g/mol. The third kappa shape index (κ3) is 2.93. The largest absolute Gasteiger partial charge is 0.315 e. The van der Waals surface area contributed by atoms with Crippen LogP contribution in [0.25, 0.3) is 0 Å². The molecule has 0 aliphatic carbocycles. The van der Waals surface area contributed by atoms with Gasteiger partial charge < -0.3 is 5.32 Å². The van der Waals surface area contributed by atoms with Crippen molar-refractivity contribution in [3.05, 3.63) is 15.8 Å². The highest BCUT2D eigenvalue weighted by Crippen LogP contribution is 2.33. The van der Waals surface area contributed by atoms with Gasteiger partial charge in [0.25, 0.3) is 0 Å². The van der Waals surface area contributed by atoms with Crippen LogP contribution >= 0.6 is 11.3 Å². The van der Waals surface area contributed by atoms with Crippen molar-refractivity contribution in [2.75, 3.05) is 20.1 Å². The quantitative estimate of drug-likeness (QED) is 0.928. The van der Waals surface area contributed by atoms with Crippen LogP contribution in [0.3, 0.4) is 0 Å². The molecular formula is C14H24N2O2S2. The molecule has 2 heterocycles. The Kier molecular flexibility index (Phi) is 4.89. The number of sulfonamides is 1. The van der Waals surface area contributed by atoms with Crippen LogP contribution in [-0.4, -0.2) is 32.9 Å². The normalized spacial score (nSPS) is 25.0. The van der Waals surface area contributed by atoms with E-state index in [1.807, 2.05) is 19.4 Å². The van der Waals surface area contributed by atoms with E-state index in [1.165, 1.54) is 11.3 Å². The van der Waals surface area contributed by atoms with E-state index in [4.69, 9.17) is 0 Å². The van der Waals surface area contributed by atoms with Gasteiger partial charge in [0.15, 0.2) is 0 Å². The number of nitrogens with zero attached hydrogens (tertiary/aromatic N) is 1. The van der Waals surface area contributed by atoms with Crippen molar-refractivity contribution in [3.63, 3.8) is 0 Å². The van der Waals surface area contributed by atoms with Crippen molar-refractivity contribution < 1.29 is 8.42 Å². The highest BCUT2D eigenvalue weighted by molar-refractivity contribution is 7.89. The smallest absolute Gasteiger partial charge is 0.244 e. The average Bonchev–Trinajstić information content (AvgIpc) is 2.75. The van der Waals surface area contributed by atoms with Crippen LogP contribution in [0.1, 0.15) is 30.7 Å². The zero-order chi connectivity index (χ0) is 14.9. The van der Waals surface area contributed by atoms with Crippen molar-refractivity contribution in [2.24, 2.45) is 11.8 Å². The van der Waals surface area contributed by atoms with E-state index < -0.39 is 10.0 Å². The fourth-order valence-corrected chi connectivity index (χ4v) is 6.02. The molecule has 6 heteroatoms. The van der Waals surface area contributed by atoms with Gasteiger partial charge in [0.2, 0.25) is 10.0 Å². The minimum Gasteiger partial charge on any atom is -0.315 e. The van der Waals surface area contributed by atoms with Crippen molar-refractivity contribution >= 4 is 21.4 Å². The van der Waals surface area contributed by atoms with Gasteiger partial charge in [-0.1, -0.05) is 13.8 Å². The molecule has 1 aliphatic rings. The number of hydrogen-bond acceptors (Lipinski definition) is 4. The first-order chi connectivity index (χ1) is 9.37. The lowest BCUT2D eigenvalue weighted by atomic mass is 9.90. The van der Waals surface area contributed by atoms with Gasteiger partial charge in [0, 0.05) is 24.5 Å². The molecule has 1 N–H and O–H groups in total. The van der Waals surface area contributed by atoms with Gasteiger partial charge in [-0.25, -0.2) is 8.42 Å². The van der Waals surface area contributed by atoms with Gasteiger partial charge in [-0.15, -0.1) is 11.3 Å². The molecule has 0 spiro atoms. The zero-order valence-corrected chi connectivity index (χ0v) is 14.3. The lowest BCUT2D eigenvalue weighted by Crippen LogP contribution is -2.42. The molecule has 0 aromatic carbocycles. The van der Waals surface area contributed by atoms with Gasteiger partial charge in [-0.2, -0.15) is 4.31 Å². The van der Waals surface area contributed by atoms with Crippen LogP contribution < -0.4 is 5.32 Å². The Hall–Kier alpha value is -0.430. The van der Waals surface area contributed by atoms with Gasteiger partial charge in [0.05, 0.1) is 0 Å². The number of rotatable bonds is 4. The Bertz CT molecular complexity index is 566. The molecule has 4 nitrogen and oxygen atoms in total. The summed E-state index contributed by atoms with van der Waals surface area (Å²) in [5.74, 6) is 1.02. The predicted molar refractivity (Wildman–Crippen MR) is 83.5 cm³/mol. The average molecular weight is 316 g/mol. The maximum atomic E-state index is 12.9. The number of aryl methyl sites for hydroxylation is 1. The van der Waals surface area contributed by atoms with Crippen LogP contribution in [0.15, 0.2) is 10.3 Å². The second-order valence-corrected chi connectivity index (χ2v) is 8.65. The molecule has 1 aromatic rings. The van der Waals surface area contributed by atoms with E-state index in [-0.39, 0.29) is 0 Å². The van der Waals surface area contributed by atoms with Crippen molar-refractivity contribution in [1.29, 1.82) is 0 Å². The molecule has 0 amide bonds. The van der Waals surface area contributed by atoms with E-state index >= 15 is 0 Å². The topological polar surface area (TPSA) is 49.4 Å². The summed E-state index contributed by atoms with van der Waals surface area (Å²) in [7, 11) is -1.51. The first-order valence-electron chi connectivity index (χ1n) is 7.09. The van der Waals surface area contributed by atoms with Gasteiger partial charge in [0.1, 0.15) is 4.90 Å². The predicted octanol–water partition coefficient (Wildman–Crippen LogP) is 2.44. The maximum Gasteiger partial charge on any atom is 0.244 e. The summed E-state index contributed by atoms with van der Waals surface area (Å²) in [6.07, 6.45) is 0.949. The van der Waals surface area contributed by atoms with E-state index in [2.05, 4.69) is 19.2 Å². The Morgan fingerprint density at radius 2 is 2.10 bits per heavy atom. The standard InChI is InChI=1S/C14H24N2O2S2/c1-10-5-6-16(8-11(10)2)20(17,18)14-12(3)9-19-13(14)7-15-4/h9-11,15H,5-8H2,1-4H3. The zero-order valence-electron chi connectivity index (χ0n) is 12.6. The van der Waals surface area contributed by atoms with E-state index in [9.17, 15) is 8.42 Å². The number of thiophene rings is 1. The second-order valence-electron chi connectivity index (χ2n) is 5.81. The molecule has 114 valence electrons. The Labute approximate surface area is 126 Å².